The molecule has 7 nitrogen and oxygen atoms in total. The van der Waals surface area contributed by atoms with E-state index in [1.807, 2.05) is 37.3 Å². The van der Waals surface area contributed by atoms with E-state index in [4.69, 9.17) is 14.2 Å². The number of hydrogen-bond donors (Lipinski definition) is 0. The van der Waals surface area contributed by atoms with Gasteiger partial charge in [-0.15, -0.1) is 0 Å². The van der Waals surface area contributed by atoms with Crippen molar-refractivity contribution in [2.45, 2.75) is 44.9 Å². The fourth-order valence-corrected chi connectivity index (χ4v) is 4.21. The second-order valence-electron chi connectivity index (χ2n) is 6.52. The topological polar surface area (TPSA) is 68.3 Å². The van der Waals surface area contributed by atoms with Crippen LogP contribution in [0.3, 0.4) is 0 Å². The van der Waals surface area contributed by atoms with E-state index in [9.17, 15) is 9.59 Å². The molecule has 1 fully saturated rings. The van der Waals surface area contributed by atoms with Crippen LogP contribution < -0.4 is 4.74 Å². The molecule has 1 aromatic rings. The van der Waals surface area contributed by atoms with Gasteiger partial charge in [0.15, 0.2) is 0 Å². The lowest BCUT2D eigenvalue weighted by atomic mass is 9.90. The van der Waals surface area contributed by atoms with Crippen molar-refractivity contribution in [3.63, 3.8) is 0 Å². The third-order valence-electron chi connectivity index (χ3n) is 5.19. The second-order valence-corrected chi connectivity index (χ2v) is 6.52. The van der Waals surface area contributed by atoms with Crippen molar-refractivity contribution < 1.29 is 23.8 Å². The van der Waals surface area contributed by atoms with Crippen molar-refractivity contribution in [3.8, 4) is 5.75 Å². The van der Waals surface area contributed by atoms with Crippen LogP contribution in [-0.4, -0.2) is 53.6 Å². The Morgan fingerprint density at radius 2 is 1.73 bits per heavy atom. The summed E-state index contributed by atoms with van der Waals surface area (Å²) in [5.41, 5.74) is 2.02. The predicted molar refractivity (Wildman–Crippen MR) is 92.7 cm³/mol. The molecule has 1 saturated heterocycles. The zero-order valence-electron chi connectivity index (χ0n) is 15.0. The van der Waals surface area contributed by atoms with E-state index in [1.165, 1.54) is 10.0 Å². The first kappa shape index (κ1) is 16.8. The molecule has 138 valence electrons. The van der Waals surface area contributed by atoms with Crippen LogP contribution in [0, 0.1) is 0 Å². The number of rotatable bonds is 2. The summed E-state index contributed by atoms with van der Waals surface area (Å²) in [6.45, 7) is 5.84. The molecule has 1 aromatic carbocycles. The van der Waals surface area contributed by atoms with Gasteiger partial charge in [-0.25, -0.2) is 19.6 Å². The molecular formula is C19H22N2O5. The van der Waals surface area contributed by atoms with E-state index in [1.54, 1.807) is 13.8 Å². The van der Waals surface area contributed by atoms with Crippen LogP contribution in [0.5, 0.6) is 5.75 Å². The molecule has 4 rings (SSSR count). The lowest BCUT2D eigenvalue weighted by molar-refractivity contribution is -0.0245. The molecule has 4 atom stereocenters. The Bertz CT molecular complexity index is 777. The van der Waals surface area contributed by atoms with Gasteiger partial charge < -0.3 is 14.2 Å². The molecule has 7 heteroatoms. The van der Waals surface area contributed by atoms with Crippen LogP contribution in [0.2, 0.25) is 0 Å². The SMILES string of the molecule is CCOC(=O)N1[C@@H]2C(=C[C@H]3Oc4ccccc4[C@@H]23)[C@H](C)N1C(=O)OCC. The lowest BCUT2D eigenvalue weighted by Crippen LogP contribution is -2.52. The fourth-order valence-electron chi connectivity index (χ4n) is 4.21. The molecule has 2 aliphatic heterocycles. The Morgan fingerprint density at radius 3 is 2.42 bits per heavy atom. The van der Waals surface area contributed by atoms with E-state index in [0.29, 0.717) is 0 Å². The molecule has 2 amide bonds. The van der Waals surface area contributed by atoms with Gasteiger partial charge in [-0.2, -0.15) is 0 Å². The maximum absolute atomic E-state index is 12.7. The van der Waals surface area contributed by atoms with E-state index in [0.717, 1.165) is 16.9 Å². The Labute approximate surface area is 152 Å². The van der Waals surface area contributed by atoms with Crippen molar-refractivity contribution in [1.29, 1.82) is 0 Å². The highest BCUT2D eigenvalue weighted by Crippen LogP contribution is 2.52. The normalized spacial score (nSPS) is 28.0. The number of ether oxygens (including phenoxy) is 3. The minimum absolute atomic E-state index is 0.0625. The highest BCUT2D eigenvalue weighted by molar-refractivity contribution is 5.78. The monoisotopic (exact) mass is 358 g/mol. The predicted octanol–water partition coefficient (Wildman–Crippen LogP) is 3.07. The summed E-state index contributed by atoms with van der Waals surface area (Å²) >= 11 is 0. The average molecular weight is 358 g/mol. The van der Waals surface area contributed by atoms with Gasteiger partial charge in [0.25, 0.3) is 0 Å². The molecule has 0 radical (unpaired) electrons. The lowest BCUT2D eigenvalue weighted by Gasteiger charge is -2.33. The molecule has 1 aliphatic carbocycles. The van der Waals surface area contributed by atoms with Crippen LogP contribution in [0.15, 0.2) is 35.9 Å². The van der Waals surface area contributed by atoms with Gasteiger partial charge in [0.05, 0.1) is 31.2 Å². The first-order valence-electron chi connectivity index (χ1n) is 8.97. The minimum atomic E-state index is -0.550. The summed E-state index contributed by atoms with van der Waals surface area (Å²) in [4.78, 5) is 25.3. The second kappa shape index (κ2) is 6.23. The van der Waals surface area contributed by atoms with Crippen LogP contribution in [-0.2, 0) is 9.47 Å². The molecule has 0 N–H and O–H groups in total. The average Bonchev–Trinajstić information content (AvgIpc) is 3.23. The van der Waals surface area contributed by atoms with Crippen LogP contribution in [0.1, 0.15) is 32.3 Å². The molecule has 0 aromatic heterocycles. The summed E-state index contributed by atoms with van der Waals surface area (Å²) in [6.07, 6.45) is 0.792. The number of nitrogens with zero attached hydrogens (tertiary/aromatic N) is 2. The third-order valence-corrected chi connectivity index (χ3v) is 5.19. The molecule has 2 heterocycles. The van der Waals surface area contributed by atoms with E-state index in [2.05, 4.69) is 0 Å². The summed E-state index contributed by atoms with van der Waals surface area (Å²) in [7, 11) is 0. The first-order valence-corrected chi connectivity index (χ1v) is 8.97. The smallest absolute Gasteiger partial charge is 0.429 e. The number of carbonyl (C=O) groups excluding carboxylic acids is 2. The largest absolute Gasteiger partial charge is 0.485 e. The Morgan fingerprint density at radius 1 is 1.08 bits per heavy atom. The fraction of sp³-hybridized carbons (Fsp3) is 0.474. The number of carbonyl (C=O) groups is 2. The molecule has 0 saturated carbocycles. The molecular weight excluding hydrogens is 336 g/mol. The zero-order chi connectivity index (χ0) is 18.4. The van der Waals surface area contributed by atoms with Gasteiger partial charge in [0.2, 0.25) is 0 Å². The van der Waals surface area contributed by atoms with Gasteiger partial charge in [-0.05, 0) is 38.5 Å². The van der Waals surface area contributed by atoms with Crippen molar-refractivity contribution in [1.82, 2.24) is 10.0 Å². The summed E-state index contributed by atoms with van der Waals surface area (Å²) in [6, 6.07) is 7.20. The van der Waals surface area contributed by atoms with Crippen LogP contribution >= 0.6 is 0 Å². The number of hydrogen-bond acceptors (Lipinski definition) is 5. The van der Waals surface area contributed by atoms with Crippen LogP contribution in [0.4, 0.5) is 9.59 Å². The third kappa shape index (κ3) is 2.26. The van der Waals surface area contributed by atoms with Gasteiger partial charge in [-0.3, -0.25) is 0 Å². The maximum Gasteiger partial charge on any atom is 0.429 e. The highest BCUT2D eigenvalue weighted by Gasteiger charge is 2.58. The molecule has 0 spiro atoms. The number of amides is 2. The summed E-state index contributed by atoms with van der Waals surface area (Å²) in [5.74, 6) is 0.760. The first-order chi connectivity index (χ1) is 12.6. The van der Waals surface area contributed by atoms with Gasteiger partial charge in [-0.1, -0.05) is 18.2 Å². The quantitative estimate of drug-likeness (QED) is 0.760. The number of benzene rings is 1. The number of fused-ring (bicyclic) bond motifs is 5. The van der Waals surface area contributed by atoms with E-state index in [-0.39, 0.29) is 37.3 Å². The van der Waals surface area contributed by atoms with Crippen molar-refractivity contribution in [2.24, 2.45) is 0 Å². The van der Waals surface area contributed by atoms with Crippen molar-refractivity contribution in [2.75, 3.05) is 13.2 Å². The van der Waals surface area contributed by atoms with Crippen LogP contribution in [0.25, 0.3) is 0 Å². The number of hydrazine groups is 1. The number of para-hydroxylation sites is 1. The Hall–Kier alpha value is -2.70. The van der Waals surface area contributed by atoms with Crippen molar-refractivity contribution in [3.05, 3.63) is 41.5 Å². The van der Waals surface area contributed by atoms with Crippen molar-refractivity contribution >= 4 is 12.2 Å². The zero-order valence-corrected chi connectivity index (χ0v) is 15.0. The molecule has 0 bridgehead atoms. The van der Waals surface area contributed by atoms with Gasteiger partial charge in [0, 0.05) is 5.56 Å². The standard InChI is InChI=1S/C19H22N2O5/c1-4-24-18(22)20-11(3)13-10-15-16(12-8-6-7-9-14(12)26-15)17(13)21(20)19(23)25-5-2/h6-11,15-17H,4-5H2,1-3H3/t11-,15+,16+,17+/m0/s1. The van der Waals surface area contributed by atoms with E-state index >= 15 is 0 Å². The maximum atomic E-state index is 12.7. The highest BCUT2D eigenvalue weighted by atomic mass is 16.6. The van der Waals surface area contributed by atoms with Gasteiger partial charge in [0.1, 0.15) is 11.9 Å². The van der Waals surface area contributed by atoms with Gasteiger partial charge >= 0.3 is 12.2 Å². The molecule has 3 aliphatic rings. The summed E-state index contributed by atoms with van der Waals surface area (Å²) in [5, 5.41) is 2.78. The summed E-state index contributed by atoms with van der Waals surface area (Å²) < 4.78 is 16.5. The Balaban J connectivity index is 1.76. The van der Waals surface area contributed by atoms with E-state index < -0.39 is 12.2 Å². The Kier molecular flexibility index (Phi) is 4.01. The molecule has 0 unspecified atom stereocenters. The minimum Gasteiger partial charge on any atom is -0.485 e. The molecule has 26 heavy (non-hydrogen) atoms.